The van der Waals surface area contributed by atoms with E-state index in [9.17, 15) is 4.79 Å². The zero-order valence-corrected chi connectivity index (χ0v) is 11.6. The molecule has 0 saturated carbocycles. The summed E-state index contributed by atoms with van der Waals surface area (Å²) in [6, 6.07) is 0.347. The zero-order chi connectivity index (χ0) is 13.8. The first kappa shape index (κ1) is 13.9. The summed E-state index contributed by atoms with van der Waals surface area (Å²) < 4.78 is 7.16. The van der Waals surface area contributed by atoms with E-state index in [0.717, 1.165) is 31.6 Å². The minimum absolute atomic E-state index is 0.0226. The van der Waals surface area contributed by atoms with Crippen molar-refractivity contribution >= 4 is 6.09 Å². The van der Waals surface area contributed by atoms with Gasteiger partial charge in [-0.25, -0.2) is 9.78 Å². The Labute approximate surface area is 113 Å². The second kappa shape index (κ2) is 6.06. The van der Waals surface area contributed by atoms with Crippen molar-refractivity contribution in [2.24, 2.45) is 5.73 Å². The van der Waals surface area contributed by atoms with Crippen LogP contribution in [-0.4, -0.2) is 40.2 Å². The van der Waals surface area contributed by atoms with Crippen molar-refractivity contribution in [1.82, 2.24) is 14.5 Å². The zero-order valence-electron chi connectivity index (χ0n) is 11.6. The van der Waals surface area contributed by atoms with Gasteiger partial charge in [0.25, 0.3) is 0 Å². The first-order chi connectivity index (χ1) is 9.13. The monoisotopic (exact) mass is 266 g/mol. The number of amides is 1. The lowest BCUT2D eigenvalue weighted by Crippen LogP contribution is -2.39. The van der Waals surface area contributed by atoms with Crippen molar-refractivity contribution in [3.8, 4) is 0 Å². The fourth-order valence-corrected chi connectivity index (χ4v) is 2.51. The summed E-state index contributed by atoms with van der Waals surface area (Å²) in [6.45, 7) is 5.65. The molecule has 0 unspecified atom stereocenters. The molecular weight excluding hydrogens is 244 g/mol. The third kappa shape index (κ3) is 3.07. The van der Waals surface area contributed by atoms with Gasteiger partial charge in [-0.1, -0.05) is 0 Å². The van der Waals surface area contributed by atoms with Crippen LogP contribution in [0.3, 0.4) is 0 Å². The van der Waals surface area contributed by atoms with E-state index in [1.165, 1.54) is 0 Å². The molecule has 0 radical (unpaired) electrons. The van der Waals surface area contributed by atoms with Crippen molar-refractivity contribution in [2.45, 2.75) is 38.8 Å². The molecular formula is C13H22N4O2. The minimum atomic E-state index is -0.209. The Morgan fingerprint density at radius 3 is 2.84 bits per heavy atom. The molecule has 2 N–H and O–H groups in total. The number of piperidine rings is 1. The maximum atomic E-state index is 11.6. The molecule has 106 valence electrons. The molecule has 0 aliphatic carbocycles. The maximum Gasteiger partial charge on any atom is 0.409 e. The first-order valence-electron chi connectivity index (χ1n) is 6.82. The predicted molar refractivity (Wildman–Crippen MR) is 71.7 cm³/mol. The number of nitrogens with two attached hydrogens (primary N) is 1. The fourth-order valence-electron chi connectivity index (χ4n) is 2.51. The van der Waals surface area contributed by atoms with Gasteiger partial charge < -0.3 is 19.9 Å². The molecule has 6 nitrogen and oxygen atoms in total. The summed E-state index contributed by atoms with van der Waals surface area (Å²) in [5.41, 5.74) is 6.99. The van der Waals surface area contributed by atoms with Crippen molar-refractivity contribution in [1.29, 1.82) is 0 Å². The smallest absolute Gasteiger partial charge is 0.409 e. The molecule has 1 amide bonds. The molecule has 19 heavy (non-hydrogen) atoms. The van der Waals surface area contributed by atoms with Crippen molar-refractivity contribution in [3.63, 3.8) is 0 Å². The van der Waals surface area contributed by atoms with Gasteiger partial charge in [-0.2, -0.15) is 0 Å². The number of hydrogen-bond acceptors (Lipinski definition) is 4. The molecule has 1 aliphatic heterocycles. The van der Waals surface area contributed by atoms with Crippen molar-refractivity contribution in [2.75, 3.05) is 19.7 Å². The summed E-state index contributed by atoms with van der Waals surface area (Å²) >= 11 is 0. The highest BCUT2D eigenvalue weighted by molar-refractivity contribution is 5.67. The van der Waals surface area contributed by atoms with Crippen LogP contribution in [-0.2, 0) is 4.74 Å². The molecule has 0 spiro atoms. The summed E-state index contributed by atoms with van der Waals surface area (Å²) in [6.07, 6.45) is 5.27. The molecule has 1 saturated heterocycles. The van der Waals surface area contributed by atoms with E-state index in [4.69, 9.17) is 10.5 Å². The number of aromatic nitrogens is 2. The number of ether oxygens (including phenoxy) is 1. The van der Waals surface area contributed by atoms with Gasteiger partial charge in [0.2, 0.25) is 0 Å². The van der Waals surface area contributed by atoms with Gasteiger partial charge in [-0.15, -0.1) is 0 Å². The Bertz CT molecular complexity index is 422. The van der Waals surface area contributed by atoms with Crippen LogP contribution in [0.4, 0.5) is 4.79 Å². The van der Waals surface area contributed by atoms with Crippen LogP contribution >= 0.6 is 0 Å². The average molecular weight is 266 g/mol. The predicted octanol–water partition coefficient (Wildman–Crippen LogP) is 1.70. The quantitative estimate of drug-likeness (QED) is 0.903. The molecule has 2 heterocycles. The highest BCUT2D eigenvalue weighted by Crippen LogP contribution is 2.25. The molecule has 0 aromatic carbocycles. The number of likely N-dealkylation sites (tertiary alicyclic amines) is 1. The summed E-state index contributed by atoms with van der Waals surface area (Å²) in [7, 11) is 0. The summed E-state index contributed by atoms with van der Waals surface area (Å²) in [4.78, 5) is 17.6. The largest absolute Gasteiger partial charge is 0.450 e. The van der Waals surface area contributed by atoms with E-state index in [1.54, 1.807) is 4.90 Å². The van der Waals surface area contributed by atoms with Crippen LogP contribution in [0.15, 0.2) is 12.5 Å². The fraction of sp³-hybridized carbons (Fsp3) is 0.692. The molecule has 1 fully saturated rings. The molecule has 1 aliphatic rings. The molecule has 1 aromatic heterocycles. The van der Waals surface area contributed by atoms with Gasteiger partial charge >= 0.3 is 6.09 Å². The second-order valence-electron chi connectivity index (χ2n) is 4.93. The second-order valence-corrected chi connectivity index (χ2v) is 4.93. The Kier molecular flexibility index (Phi) is 4.42. The van der Waals surface area contributed by atoms with Crippen LogP contribution in [0.1, 0.15) is 44.5 Å². The Balaban J connectivity index is 1.96. The van der Waals surface area contributed by atoms with E-state index in [-0.39, 0.29) is 12.1 Å². The third-order valence-electron chi connectivity index (χ3n) is 3.55. The van der Waals surface area contributed by atoms with E-state index in [1.807, 2.05) is 26.4 Å². The standard InChI is InChI=1S/C13H22N4O2/c1-3-19-13(18)16-6-4-11(5-7-16)17-9-15-8-12(17)10(2)14/h8-11H,3-7,14H2,1-2H3/t10-/m1/s1. The first-order valence-corrected chi connectivity index (χ1v) is 6.82. The van der Waals surface area contributed by atoms with Gasteiger partial charge in [-0.3, -0.25) is 0 Å². The topological polar surface area (TPSA) is 73.4 Å². The highest BCUT2D eigenvalue weighted by Gasteiger charge is 2.25. The Hall–Kier alpha value is -1.56. The number of rotatable bonds is 3. The van der Waals surface area contributed by atoms with Crippen LogP contribution in [0.2, 0.25) is 0 Å². The Morgan fingerprint density at radius 2 is 2.26 bits per heavy atom. The van der Waals surface area contributed by atoms with E-state index in [2.05, 4.69) is 9.55 Å². The number of carbonyl (C=O) groups excluding carboxylic acids is 1. The van der Waals surface area contributed by atoms with E-state index >= 15 is 0 Å². The van der Waals surface area contributed by atoms with Crippen LogP contribution in [0.25, 0.3) is 0 Å². The van der Waals surface area contributed by atoms with Gasteiger partial charge in [0, 0.05) is 31.4 Å². The number of nitrogens with zero attached hydrogens (tertiary/aromatic N) is 3. The van der Waals surface area contributed by atoms with Gasteiger partial charge in [0.05, 0.1) is 18.6 Å². The van der Waals surface area contributed by atoms with Gasteiger partial charge in [0.1, 0.15) is 0 Å². The molecule has 1 aromatic rings. The van der Waals surface area contributed by atoms with Gasteiger partial charge in [0.15, 0.2) is 0 Å². The molecule has 1 atom stereocenters. The number of hydrogen-bond donors (Lipinski definition) is 1. The SMILES string of the molecule is CCOC(=O)N1CCC(n2cncc2[C@@H](C)N)CC1. The molecule has 0 bridgehead atoms. The van der Waals surface area contributed by atoms with Crippen LogP contribution < -0.4 is 5.73 Å². The van der Waals surface area contributed by atoms with Crippen molar-refractivity contribution < 1.29 is 9.53 Å². The van der Waals surface area contributed by atoms with Crippen LogP contribution in [0.5, 0.6) is 0 Å². The van der Waals surface area contributed by atoms with Crippen LogP contribution in [0, 0.1) is 0 Å². The Morgan fingerprint density at radius 1 is 1.58 bits per heavy atom. The lowest BCUT2D eigenvalue weighted by Gasteiger charge is -2.32. The number of imidazole rings is 1. The number of carbonyl (C=O) groups is 1. The maximum absolute atomic E-state index is 11.6. The summed E-state index contributed by atoms with van der Waals surface area (Å²) in [5.74, 6) is 0. The molecule has 6 heteroatoms. The third-order valence-corrected chi connectivity index (χ3v) is 3.55. The van der Waals surface area contributed by atoms with Crippen molar-refractivity contribution in [3.05, 3.63) is 18.2 Å². The molecule has 2 rings (SSSR count). The average Bonchev–Trinajstić information content (AvgIpc) is 2.88. The van der Waals surface area contributed by atoms with E-state index in [0.29, 0.717) is 12.6 Å². The minimum Gasteiger partial charge on any atom is -0.450 e. The summed E-state index contributed by atoms with van der Waals surface area (Å²) in [5, 5.41) is 0. The normalized spacial score (nSPS) is 18.4. The van der Waals surface area contributed by atoms with E-state index < -0.39 is 0 Å². The lowest BCUT2D eigenvalue weighted by atomic mass is 10.0. The highest BCUT2D eigenvalue weighted by atomic mass is 16.6. The lowest BCUT2D eigenvalue weighted by molar-refractivity contribution is 0.0924. The van der Waals surface area contributed by atoms with Gasteiger partial charge in [-0.05, 0) is 26.7 Å².